The Morgan fingerprint density at radius 1 is 1.31 bits per heavy atom. The molecule has 4 nitrogen and oxygen atoms in total. The molecule has 0 aromatic heterocycles. The van der Waals surface area contributed by atoms with Gasteiger partial charge in [0.25, 0.3) is 0 Å². The van der Waals surface area contributed by atoms with Gasteiger partial charge < -0.3 is 14.7 Å². The molecule has 0 radical (unpaired) electrons. The Balaban J connectivity index is 0.000000487. The number of carboxylic acid groups (broad SMARTS) is 2. The lowest BCUT2D eigenvalue weighted by molar-refractivity contribution is -0.910. The molecule has 0 saturated heterocycles. The van der Waals surface area contributed by atoms with Gasteiger partial charge in [0.2, 0.25) is 0 Å². The van der Waals surface area contributed by atoms with Crippen molar-refractivity contribution in [1.29, 1.82) is 0 Å². The summed E-state index contributed by atoms with van der Waals surface area (Å²) in [4.78, 5) is 8.56. The van der Waals surface area contributed by atoms with E-state index >= 15 is 0 Å². The molecule has 0 unspecified atom stereocenters. The minimum Gasteiger partial charge on any atom is -0.450 e. The first kappa shape index (κ1) is 15.0. The zero-order valence-electron chi connectivity index (χ0n) is 10.4. The Labute approximate surface area is 97.8 Å². The maximum absolute atomic E-state index is 8.56. The van der Waals surface area contributed by atoms with Gasteiger partial charge in [-0.05, 0) is 31.8 Å². The monoisotopic (exact) mass is 230 g/mol. The lowest BCUT2D eigenvalue weighted by atomic mass is 9.93. The predicted octanol–water partition coefficient (Wildman–Crippen LogP) is 2.80. The van der Waals surface area contributed by atoms with Gasteiger partial charge in [-0.15, -0.1) is 0 Å². The fourth-order valence-electron chi connectivity index (χ4n) is 2.26. The first-order valence-corrected chi connectivity index (χ1v) is 5.75. The van der Waals surface area contributed by atoms with Crippen LogP contribution in [0.15, 0.2) is 12.7 Å². The molecule has 1 saturated carbocycles. The van der Waals surface area contributed by atoms with E-state index in [0.29, 0.717) is 0 Å². The summed E-state index contributed by atoms with van der Waals surface area (Å²) in [6, 6.07) is 0.886. The van der Waals surface area contributed by atoms with Gasteiger partial charge in [0, 0.05) is 0 Å². The highest BCUT2D eigenvalue weighted by molar-refractivity contribution is 5.53. The molecule has 0 aromatic rings. The zero-order valence-corrected chi connectivity index (χ0v) is 10.4. The maximum atomic E-state index is 8.56. The highest BCUT2D eigenvalue weighted by Crippen LogP contribution is 2.25. The number of hydrogen-bond acceptors (Lipinski definition) is 1. The van der Waals surface area contributed by atoms with Gasteiger partial charge in [-0.2, -0.15) is 0 Å². The second-order valence-corrected chi connectivity index (χ2v) is 4.82. The molecule has 1 aliphatic carbocycles. The summed E-state index contributed by atoms with van der Waals surface area (Å²) >= 11 is 0. The van der Waals surface area contributed by atoms with Crippen LogP contribution < -0.4 is 0 Å². The summed E-state index contributed by atoms with van der Waals surface area (Å²) in [5, 5.41) is 13.9. The molecule has 1 aliphatic rings. The smallest absolute Gasteiger partial charge is 0.450 e. The van der Waals surface area contributed by atoms with Crippen LogP contribution in [-0.2, 0) is 0 Å². The summed E-state index contributed by atoms with van der Waals surface area (Å²) in [5.74, 6) is 0. The molecule has 0 aromatic carbocycles. The van der Waals surface area contributed by atoms with E-state index in [0.717, 1.165) is 17.1 Å². The van der Waals surface area contributed by atoms with Gasteiger partial charge in [-0.25, -0.2) is 4.79 Å². The summed E-state index contributed by atoms with van der Waals surface area (Å²) < 4.78 is 1.14. The van der Waals surface area contributed by atoms with E-state index in [-0.39, 0.29) is 0 Å². The van der Waals surface area contributed by atoms with Gasteiger partial charge in [0.05, 0.1) is 26.7 Å². The summed E-state index contributed by atoms with van der Waals surface area (Å²) in [5.41, 5.74) is 0. The van der Waals surface area contributed by atoms with Gasteiger partial charge in [0.15, 0.2) is 0 Å². The van der Waals surface area contributed by atoms with Crippen molar-refractivity contribution in [3.8, 4) is 0 Å². The van der Waals surface area contributed by atoms with Crippen molar-refractivity contribution in [2.75, 3.05) is 20.6 Å². The average Bonchev–Trinajstić information content (AvgIpc) is 2.18. The molecular weight excluding hydrogens is 206 g/mol. The highest BCUT2D eigenvalue weighted by Gasteiger charge is 2.28. The first-order chi connectivity index (χ1) is 7.40. The van der Waals surface area contributed by atoms with Crippen molar-refractivity contribution >= 4 is 6.16 Å². The maximum Gasteiger partial charge on any atom is 0.503 e. The SMILES string of the molecule is C=CC[N+](C)(C)C1CCCCC1.O=C(O)O. The predicted molar refractivity (Wildman–Crippen MR) is 64.7 cm³/mol. The van der Waals surface area contributed by atoms with Crippen molar-refractivity contribution in [2.24, 2.45) is 0 Å². The minimum absolute atomic E-state index is 0.886. The Morgan fingerprint density at radius 3 is 2.12 bits per heavy atom. The Kier molecular flexibility index (Phi) is 6.81. The van der Waals surface area contributed by atoms with Gasteiger partial charge >= 0.3 is 6.16 Å². The molecule has 0 spiro atoms. The third-order valence-corrected chi connectivity index (χ3v) is 3.16. The largest absolute Gasteiger partial charge is 0.503 e. The molecule has 0 heterocycles. The topological polar surface area (TPSA) is 57.5 Å². The van der Waals surface area contributed by atoms with E-state index < -0.39 is 6.16 Å². The first-order valence-electron chi connectivity index (χ1n) is 5.75. The summed E-state index contributed by atoms with van der Waals surface area (Å²) in [6.07, 6.45) is 7.37. The molecule has 4 heteroatoms. The van der Waals surface area contributed by atoms with E-state index in [2.05, 4.69) is 26.8 Å². The Bertz CT molecular complexity index is 216. The molecule has 0 bridgehead atoms. The quantitative estimate of drug-likeness (QED) is 0.579. The number of hydrogen-bond donors (Lipinski definition) is 2. The van der Waals surface area contributed by atoms with Crippen molar-refractivity contribution in [3.05, 3.63) is 12.7 Å². The molecule has 16 heavy (non-hydrogen) atoms. The third-order valence-electron chi connectivity index (χ3n) is 3.16. The van der Waals surface area contributed by atoms with Crippen molar-refractivity contribution < 1.29 is 19.5 Å². The standard InChI is InChI=1S/C11H22N.CH2O3/c1-4-10-12(2,3)11-8-6-5-7-9-11;2-1(3)4/h4,11H,1,5-10H2,2-3H3;(H2,2,3,4)/q+1;. The van der Waals surface area contributed by atoms with Gasteiger partial charge in [-0.3, -0.25) is 0 Å². The lowest BCUT2D eigenvalue weighted by Gasteiger charge is -2.39. The van der Waals surface area contributed by atoms with E-state index in [1.165, 1.54) is 32.1 Å². The minimum atomic E-state index is -1.83. The third kappa shape index (κ3) is 6.45. The number of carbonyl (C=O) groups is 1. The fraction of sp³-hybridized carbons (Fsp3) is 0.750. The van der Waals surface area contributed by atoms with E-state index in [9.17, 15) is 0 Å². The Morgan fingerprint density at radius 2 is 1.75 bits per heavy atom. The molecule has 1 rings (SSSR count). The van der Waals surface area contributed by atoms with E-state index in [4.69, 9.17) is 15.0 Å². The number of nitrogens with zero attached hydrogens (tertiary/aromatic N) is 1. The normalized spacial score (nSPS) is 17.1. The van der Waals surface area contributed by atoms with Crippen LogP contribution >= 0.6 is 0 Å². The van der Waals surface area contributed by atoms with Gasteiger partial charge in [-0.1, -0.05) is 13.0 Å². The van der Waals surface area contributed by atoms with Crippen LogP contribution in [0.4, 0.5) is 4.79 Å². The Hall–Kier alpha value is -1.03. The fourth-order valence-corrected chi connectivity index (χ4v) is 2.26. The van der Waals surface area contributed by atoms with E-state index in [1.807, 2.05) is 0 Å². The van der Waals surface area contributed by atoms with Crippen molar-refractivity contribution in [1.82, 2.24) is 0 Å². The molecule has 94 valence electrons. The lowest BCUT2D eigenvalue weighted by Crippen LogP contribution is -2.49. The second-order valence-electron chi connectivity index (χ2n) is 4.82. The number of quaternary nitrogens is 1. The van der Waals surface area contributed by atoms with E-state index in [1.54, 1.807) is 0 Å². The number of rotatable bonds is 3. The molecule has 1 fully saturated rings. The van der Waals surface area contributed by atoms with Crippen LogP contribution in [0.3, 0.4) is 0 Å². The zero-order chi connectivity index (χ0) is 12.6. The van der Waals surface area contributed by atoms with Crippen LogP contribution in [-0.4, -0.2) is 47.5 Å². The molecule has 0 amide bonds. The molecule has 0 aliphatic heterocycles. The molecule has 2 N–H and O–H groups in total. The number of likely N-dealkylation sites (N-methyl/N-ethyl adjacent to an activating group) is 1. The highest BCUT2D eigenvalue weighted by atomic mass is 16.6. The van der Waals surface area contributed by atoms with Crippen LogP contribution in [0.2, 0.25) is 0 Å². The summed E-state index contributed by atoms with van der Waals surface area (Å²) in [7, 11) is 4.66. The van der Waals surface area contributed by atoms with Gasteiger partial charge in [0.1, 0.15) is 0 Å². The van der Waals surface area contributed by atoms with Crippen LogP contribution in [0.5, 0.6) is 0 Å². The average molecular weight is 230 g/mol. The van der Waals surface area contributed by atoms with Crippen LogP contribution in [0, 0.1) is 0 Å². The van der Waals surface area contributed by atoms with Crippen molar-refractivity contribution in [3.63, 3.8) is 0 Å². The molecule has 0 atom stereocenters. The van der Waals surface area contributed by atoms with Crippen LogP contribution in [0.25, 0.3) is 0 Å². The summed E-state index contributed by atoms with van der Waals surface area (Å²) in [6.45, 7) is 4.94. The van der Waals surface area contributed by atoms with Crippen LogP contribution in [0.1, 0.15) is 32.1 Å². The second kappa shape index (κ2) is 7.28. The van der Waals surface area contributed by atoms with Crippen molar-refractivity contribution in [2.45, 2.75) is 38.1 Å². The molecular formula is C12H24NO3+.